The number of hydrogen-bond donors (Lipinski definition) is 5. The van der Waals surface area contributed by atoms with Crippen LogP contribution in [0.5, 0.6) is 0 Å². The number of unbranched alkanes of at least 4 members (excludes halogenated alkanes) is 1. The Bertz CT molecular complexity index is 1350. The van der Waals surface area contributed by atoms with Gasteiger partial charge in [-0.2, -0.15) is 0 Å². The van der Waals surface area contributed by atoms with E-state index in [-0.39, 0.29) is 17.9 Å². The van der Waals surface area contributed by atoms with E-state index in [1.807, 2.05) is 43.3 Å². The summed E-state index contributed by atoms with van der Waals surface area (Å²) >= 11 is 7.82. The molecule has 0 bridgehead atoms. The number of amides is 1. The van der Waals surface area contributed by atoms with E-state index in [2.05, 4.69) is 33.5 Å². The fourth-order valence-corrected chi connectivity index (χ4v) is 7.81. The van der Waals surface area contributed by atoms with Crippen molar-refractivity contribution in [3.05, 3.63) is 70.1 Å². The summed E-state index contributed by atoms with van der Waals surface area (Å²) in [6.07, 6.45) is 6.23. The van der Waals surface area contributed by atoms with E-state index in [0.29, 0.717) is 44.0 Å². The molecule has 3 aromatic rings. The molecule has 5 rings (SSSR count). The van der Waals surface area contributed by atoms with Gasteiger partial charge in [-0.15, -0.1) is 11.3 Å². The standard InChI is InChI=1S/C18H27ClN2O2.C18H25NO3S/c1-2-17(22)21-11-5-9-18(23,15-7-4-10-20-13-15)14-6-3-8-16(19)12-14;1-21-10-3-2-8-18(20,16-13-19-9-11-22-16)15-6-4-5-14-7-12-23-17(14)15/h3,6,8,12,15,20,23H,2,4-5,7,9-11,13H2,1H3,(H,21,22);4-7,12,16,19-20H,2-3,8-11,13H2,1H3/t;16?,18-/m.1/s1. The van der Waals surface area contributed by atoms with Gasteiger partial charge in [0.2, 0.25) is 5.91 Å². The zero-order chi connectivity index (χ0) is 32.8. The molecule has 0 aliphatic carbocycles. The molecule has 2 saturated heterocycles. The van der Waals surface area contributed by atoms with Crippen LogP contribution in [0.3, 0.4) is 0 Å². The number of morpholine rings is 1. The first-order valence-electron chi connectivity index (χ1n) is 16.8. The summed E-state index contributed by atoms with van der Waals surface area (Å²) in [5.41, 5.74) is -0.00234. The Morgan fingerprint density at radius 2 is 1.87 bits per heavy atom. The van der Waals surface area contributed by atoms with Crippen molar-refractivity contribution < 1.29 is 24.5 Å². The molecule has 2 aliphatic rings. The smallest absolute Gasteiger partial charge is 0.219 e. The van der Waals surface area contributed by atoms with E-state index < -0.39 is 11.2 Å². The molecule has 2 aromatic carbocycles. The minimum absolute atomic E-state index is 0.0515. The fourth-order valence-electron chi connectivity index (χ4n) is 6.63. The van der Waals surface area contributed by atoms with Crippen LogP contribution in [0.25, 0.3) is 10.1 Å². The third-order valence-corrected chi connectivity index (χ3v) is 10.4. The lowest BCUT2D eigenvalue weighted by Gasteiger charge is -2.39. The van der Waals surface area contributed by atoms with Crippen LogP contribution in [0.15, 0.2) is 53.9 Å². The predicted molar refractivity (Wildman–Crippen MR) is 188 cm³/mol. The Labute approximate surface area is 283 Å². The first kappa shape index (κ1) is 36.8. The summed E-state index contributed by atoms with van der Waals surface area (Å²) in [5, 5.41) is 36.6. The van der Waals surface area contributed by atoms with Crippen molar-refractivity contribution >= 4 is 38.9 Å². The van der Waals surface area contributed by atoms with Crippen molar-refractivity contribution in [2.75, 3.05) is 53.0 Å². The SMILES string of the molecule is CCC(=O)NCCCC(O)(c1cccc(Cl)c1)C1CCCNC1.COCCCC[C@@](O)(c1cccc2ccsc12)C1CNCCO1. The first-order valence-corrected chi connectivity index (χ1v) is 18.0. The number of carbonyl (C=O) groups excluding carboxylic acids is 1. The number of benzene rings is 2. The second kappa shape index (κ2) is 18.5. The third-order valence-electron chi connectivity index (χ3n) is 9.24. The highest BCUT2D eigenvalue weighted by atomic mass is 35.5. The van der Waals surface area contributed by atoms with Gasteiger partial charge < -0.3 is 35.6 Å². The lowest BCUT2D eigenvalue weighted by atomic mass is 9.74. The van der Waals surface area contributed by atoms with Crippen LogP contribution in [0.4, 0.5) is 0 Å². The van der Waals surface area contributed by atoms with Crippen LogP contribution in [0.2, 0.25) is 5.02 Å². The van der Waals surface area contributed by atoms with Crippen LogP contribution in [0, 0.1) is 5.92 Å². The number of aliphatic hydroxyl groups is 2. The molecule has 8 nitrogen and oxygen atoms in total. The Morgan fingerprint density at radius 3 is 2.59 bits per heavy atom. The summed E-state index contributed by atoms with van der Waals surface area (Å²) < 4.78 is 12.2. The molecule has 0 radical (unpaired) electrons. The number of rotatable bonds is 14. The first-order chi connectivity index (χ1) is 22.3. The third kappa shape index (κ3) is 9.73. The quantitative estimate of drug-likeness (QED) is 0.139. The molecule has 1 aromatic heterocycles. The number of ether oxygens (including phenoxy) is 2. The van der Waals surface area contributed by atoms with Gasteiger partial charge >= 0.3 is 0 Å². The van der Waals surface area contributed by atoms with Gasteiger partial charge in [0, 0.05) is 67.5 Å². The fraction of sp³-hybridized carbons (Fsp3) is 0.583. The summed E-state index contributed by atoms with van der Waals surface area (Å²) in [4.78, 5) is 11.4. The molecule has 1 amide bonds. The Hall–Kier alpha value is -2.08. The van der Waals surface area contributed by atoms with Crippen LogP contribution in [0.1, 0.15) is 69.4 Å². The van der Waals surface area contributed by atoms with Gasteiger partial charge in [0.15, 0.2) is 0 Å². The minimum Gasteiger partial charge on any atom is -0.385 e. The van der Waals surface area contributed by atoms with E-state index in [4.69, 9.17) is 21.1 Å². The molecular weight excluding hydrogens is 622 g/mol. The van der Waals surface area contributed by atoms with Gasteiger partial charge in [-0.3, -0.25) is 4.79 Å². The number of carbonyl (C=O) groups is 1. The van der Waals surface area contributed by atoms with Crippen molar-refractivity contribution in [3.8, 4) is 0 Å². The molecule has 10 heteroatoms. The van der Waals surface area contributed by atoms with Gasteiger partial charge in [0.05, 0.1) is 12.2 Å². The molecule has 5 N–H and O–H groups in total. The Kier molecular flexibility index (Phi) is 14.7. The second-order valence-corrected chi connectivity index (χ2v) is 13.7. The highest BCUT2D eigenvalue weighted by molar-refractivity contribution is 7.17. The number of halogens is 1. The van der Waals surface area contributed by atoms with Crippen LogP contribution in [-0.4, -0.2) is 75.3 Å². The maximum absolute atomic E-state index is 11.6. The van der Waals surface area contributed by atoms with Crippen molar-refractivity contribution in [2.45, 2.75) is 75.6 Å². The number of hydrogen-bond acceptors (Lipinski definition) is 8. The number of nitrogens with one attached hydrogen (secondary N) is 3. The van der Waals surface area contributed by atoms with Gasteiger partial charge in [-0.1, -0.05) is 48.9 Å². The zero-order valence-electron chi connectivity index (χ0n) is 27.4. The summed E-state index contributed by atoms with van der Waals surface area (Å²) in [5.74, 6) is 0.215. The largest absolute Gasteiger partial charge is 0.385 e. The molecule has 2 aliphatic heterocycles. The van der Waals surface area contributed by atoms with Crippen molar-refractivity contribution in [2.24, 2.45) is 5.92 Å². The number of fused-ring (bicyclic) bond motifs is 1. The average molecular weight is 674 g/mol. The molecule has 46 heavy (non-hydrogen) atoms. The van der Waals surface area contributed by atoms with Crippen molar-refractivity contribution in [3.63, 3.8) is 0 Å². The molecule has 0 saturated carbocycles. The van der Waals surface area contributed by atoms with E-state index in [1.165, 1.54) is 5.39 Å². The molecule has 254 valence electrons. The number of methoxy groups -OCH3 is 1. The molecule has 3 heterocycles. The van der Waals surface area contributed by atoms with E-state index in [1.54, 1.807) is 18.4 Å². The monoisotopic (exact) mass is 673 g/mol. The average Bonchev–Trinajstić information content (AvgIpc) is 3.59. The summed E-state index contributed by atoms with van der Waals surface area (Å²) in [7, 11) is 1.72. The predicted octanol–water partition coefficient (Wildman–Crippen LogP) is 5.73. The van der Waals surface area contributed by atoms with E-state index in [9.17, 15) is 15.0 Å². The summed E-state index contributed by atoms with van der Waals surface area (Å²) in [6, 6.07) is 15.8. The highest BCUT2D eigenvalue weighted by Gasteiger charge is 2.41. The van der Waals surface area contributed by atoms with Crippen LogP contribution in [-0.2, 0) is 25.5 Å². The molecule has 4 atom stereocenters. The van der Waals surface area contributed by atoms with Gasteiger partial charge in [-0.05, 0) is 86.0 Å². The molecule has 0 spiro atoms. The van der Waals surface area contributed by atoms with Gasteiger partial charge in [0.1, 0.15) is 11.7 Å². The van der Waals surface area contributed by atoms with Crippen LogP contribution < -0.4 is 16.0 Å². The Morgan fingerprint density at radius 1 is 1.07 bits per heavy atom. The zero-order valence-corrected chi connectivity index (χ0v) is 28.9. The topological polar surface area (TPSA) is 112 Å². The minimum atomic E-state index is -0.967. The second-order valence-electron chi connectivity index (χ2n) is 12.4. The lowest BCUT2D eigenvalue weighted by molar-refractivity contribution is -0.129. The molecular formula is C36H52ClN3O5S. The van der Waals surface area contributed by atoms with Crippen molar-refractivity contribution in [1.29, 1.82) is 0 Å². The highest BCUT2D eigenvalue weighted by Crippen LogP contribution is 2.40. The van der Waals surface area contributed by atoms with Crippen LogP contribution >= 0.6 is 22.9 Å². The number of thiophene rings is 1. The maximum atomic E-state index is 11.6. The van der Waals surface area contributed by atoms with Gasteiger partial charge in [0.25, 0.3) is 0 Å². The maximum Gasteiger partial charge on any atom is 0.219 e. The Balaban J connectivity index is 0.000000209. The van der Waals surface area contributed by atoms with Gasteiger partial charge in [-0.25, -0.2) is 0 Å². The summed E-state index contributed by atoms with van der Waals surface area (Å²) in [6.45, 7) is 7.15. The normalized spacial score (nSPS) is 21.1. The van der Waals surface area contributed by atoms with E-state index in [0.717, 1.165) is 74.2 Å². The lowest BCUT2D eigenvalue weighted by Crippen LogP contribution is -2.51. The molecule has 3 unspecified atom stereocenters. The molecule has 2 fully saturated rings. The van der Waals surface area contributed by atoms with Crippen molar-refractivity contribution in [1.82, 2.24) is 16.0 Å². The number of piperidine rings is 1. The van der Waals surface area contributed by atoms with E-state index >= 15 is 0 Å².